The Morgan fingerprint density at radius 2 is 1.74 bits per heavy atom. The van der Waals surface area contributed by atoms with Crippen LogP contribution in [0.25, 0.3) is 5.76 Å². The lowest BCUT2D eigenvalue weighted by Crippen LogP contribution is -2.31. The summed E-state index contributed by atoms with van der Waals surface area (Å²) in [5, 5.41) is 21.9. The number of hydrogen-bond acceptors (Lipinski definition) is 5. The lowest BCUT2D eigenvalue weighted by atomic mass is 9.95. The van der Waals surface area contributed by atoms with Crippen molar-refractivity contribution in [2.45, 2.75) is 25.8 Å². The van der Waals surface area contributed by atoms with Gasteiger partial charge in [0.2, 0.25) is 0 Å². The largest absolute Gasteiger partial charge is 0.508 e. The summed E-state index contributed by atoms with van der Waals surface area (Å²) in [6.07, 6.45) is 1.36. The van der Waals surface area contributed by atoms with E-state index < -0.39 is 17.7 Å². The van der Waals surface area contributed by atoms with Crippen LogP contribution in [-0.4, -0.2) is 40.0 Å². The average molecular weight is 492 g/mol. The van der Waals surface area contributed by atoms with Crippen molar-refractivity contribution < 1.29 is 24.5 Å². The van der Waals surface area contributed by atoms with Crippen molar-refractivity contribution in [1.82, 2.24) is 4.90 Å². The topological polar surface area (TPSA) is 87.1 Å². The number of carbonyl (C=O) groups excluding carboxylic acids is 2. The molecule has 6 nitrogen and oxygen atoms in total. The van der Waals surface area contributed by atoms with Gasteiger partial charge in [0.1, 0.15) is 17.3 Å². The normalized spacial score (nSPS) is 17.1. The number of aliphatic hydroxyl groups excluding tert-OH is 1. The van der Waals surface area contributed by atoms with Gasteiger partial charge >= 0.3 is 0 Å². The van der Waals surface area contributed by atoms with Crippen molar-refractivity contribution in [2.75, 3.05) is 13.2 Å². The molecule has 1 heterocycles. The molecule has 2 N–H and O–H groups in total. The zero-order chi connectivity index (χ0) is 24.9. The number of likely N-dealkylation sites (tertiary alicyclic amines) is 1. The minimum Gasteiger partial charge on any atom is -0.508 e. The standard InChI is InChI=1S/C28H26ClNO5/c1-2-16-35-23-12-8-19(9-13-23)26(32)24-25(20-4-3-5-22(31)17-20)30(28(34)27(24)33)15-14-18-6-10-21(29)11-7-18/h3-13,17,25,31-32H,2,14-16H2,1H3/b26-24-. The third-order valence-corrected chi connectivity index (χ3v) is 6.13. The van der Waals surface area contributed by atoms with Crippen LogP contribution in [0, 0.1) is 0 Å². The van der Waals surface area contributed by atoms with Crippen LogP contribution in [0.5, 0.6) is 11.5 Å². The molecule has 1 unspecified atom stereocenters. The fraction of sp³-hybridized carbons (Fsp3) is 0.214. The highest BCUT2D eigenvalue weighted by Gasteiger charge is 2.45. The van der Waals surface area contributed by atoms with Crippen molar-refractivity contribution in [3.63, 3.8) is 0 Å². The van der Waals surface area contributed by atoms with E-state index in [9.17, 15) is 19.8 Å². The molecular weight excluding hydrogens is 466 g/mol. The van der Waals surface area contributed by atoms with Crippen molar-refractivity contribution in [3.8, 4) is 11.5 Å². The number of nitrogens with zero attached hydrogens (tertiary/aromatic N) is 1. The van der Waals surface area contributed by atoms with E-state index in [0.29, 0.717) is 34.9 Å². The maximum atomic E-state index is 13.1. The summed E-state index contributed by atoms with van der Waals surface area (Å²) in [6, 6.07) is 19.5. The number of Topliss-reactive ketones (excluding diaryl/α,β-unsaturated/α-hetero) is 1. The molecule has 0 aromatic heterocycles. The SMILES string of the molecule is CCCOc1ccc(/C(O)=C2/C(=O)C(=O)N(CCc3ccc(Cl)cc3)C2c2cccc(O)c2)cc1. The quantitative estimate of drug-likeness (QED) is 0.247. The van der Waals surface area contributed by atoms with Gasteiger partial charge in [-0.3, -0.25) is 9.59 Å². The lowest BCUT2D eigenvalue weighted by molar-refractivity contribution is -0.139. The molecule has 1 fully saturated rings. The minimum atomic E-state index is -0.842. The van der Waals surface area contributed by atoms with E-state index in [-0.39, 0.29) is 23.6 Å². The molecular formula is C28H26ClNO5. The van der Waals surface area contributed by atoms with Crippen LogP contribution in [0.3, 0.4) is 0 Å². The van der Waals surface area contributed by atoms with Gasteiger partial charge in [-0.25, -0.2) is 0 Å². The van der Waals surface area contributed by atoms with Crippen LogP contribution in [0.1, 0.15) is 36.1 Å². The van der Waals surface area contributed by atoms with Crippen LogP contribution < -0.4 is 4.74 Å². The second-order valence-corrected chi connectivity index (χ2v) is 8.77. The number of halogens is 1. The molecule has 1 aliphatic rings. The number of aliphatic hydroxyl groups is 1. The first-order valence-electron chi connectivity index (χ1n) is 11.4. The number of amides is 1. The Balaban J connectivity index is 1.72. The summed E-state index contributed by atoms with van der Waals surface area (Å²) in [6.45, 7) is 2.82. The maximum absolute atomic E-state index is 13.1. The molecule has 0 saturated carbocycles. The zero-order valence-electron chi connectivity index (χ0n) is 19.3. The van der Waals surface area contributed by atoms with Crippen LogP contribution >= 0.6 is 11.6 Å². The molecule has 4 rings (SSSR count). The fourth-order valence-electron chi connectivity index (χ4n) is 4.14. The fourth-order valence-corrected chi connectivity index (χ4v) is 4.26. The Labute approximate surface area is 209 Å². The van der Waals surface area contributed by atoms with Crippen molar-refractivity contribution in [2.24, 2.45) is 0 Å². The first-order valence-corrected chi connectivity index (χ1v) is 11.8. The molecule has 0 spiro atoms. The third kappa shape index (κ3) is 5.33. The maximum Gasteiger partial charge on any atom is 0.295 e. The molecule has 0 radical (unpaired) electrons. The van der Waals surface area contributed by atoms with Crippen LogP contribution in [-0.2, 0) is 16.0 Å². The Morgan fingerprint density at radius 3 is 2.40 bits per heavy atom. The van der Waals surface area contributed by atoms with Gasteiger partial charge in [-0.15, -0.1) is 0 Å². The monoisotopic (exact) mass is 491 g/mol. The molecule has 180 valence electrons. The lowest BCUT2D eigenvalue weighted by Gasteiger charge is -2.25. The number of ether oxygens (including phenoxy) is 1. The zero-order valence-corrected chi connectivity index (χ0v) is 20.0. The molecule has 3 aromatic rings. The number of rotatable bonds is 8. The molecule has 1 aliphatic heterocycles. The molecule has 1 atom stereocenters. The Bertz CT molecular complexity index is 1250. The van der Waals surface area contributed by atoms with E-state index in [1.807, 2.05) is 19.1 Å². The second-order valence-electron chi connectivity index (χ2n) is 8.34. The van der Waals surface area contributed by atoms with Gasteiger partial charge in [-0.2, -0.15) is 0 Å². The van der Waals surface area contributed by atoms with E-state index >= 15 is 0 Å². The number of benzene rings is 3. The second kappa shape index (κ2) is 10.7. The van der Waals surface area contributed by atoms with Gasteiger partial charge < -0.3 is 19.8 Å². The molecule has 0 aliphatic carbocycles. The number of aromatic hydroxyl groups is 1. The predicted molar refractivity (Wildman–Crippen MR) is 135 cm³/mol. The number of hydrogen-bond donors (Lipinski definition) is 2. The van der Waals surface area contributed by atoms with Gasteiger partial charge in [0.25, 0.3) is 11.7 Å². The summed E-state index contributed by atoms with van der Waals surface area (Å²) in [7, 11) is 0. The smallest absolute Gasteiger partial charge is 0.295 e. The minimum absolute atomic E-state index is 0.00298. The third-order valence-electron chi connectivity index (χ3n) is 5.88. The molecule has 3 aromatic carbocycles. The van der Waals surface area contributed by atoms with E-state index in [2.05, 4.69) is 0 Å². The predicted octanol–water partition coefficient (Wildman–Crippen LogP) is 5.50. The molecule has 35 heavy (non-hydrogen) atoms. The molecule has 1 amide bonds. The van der Waals surface area contributed by atoms with Crippen molar-refractivity contribution in [1.29, 1.82) is 0 Å². The summed E-state index contributed by atoms with van der Waals surface area (Å²) >= 11 is 5.97. The van der Waals surface area contributed by atoms with Gasteiger partial charge in [0.05, 0.1) is 18.2 Å². The van der Waals surface area contributed by atoms with E-state index in [4.69, 9.17) is 16.3 Å². The Morgan fingerprint density at radius 1 is 1.03 bits per heavy atom. The van der Waals surface area contributed by atoms with E-state index in [1.54, 1.807) is 48.5 Å². The van der Waals surface area contributed by atoms with Gasteiger partial charge in [-0.05, 0) is 72.5 Å². The Kier molecular flexibility index (Phi) is 7.42. The number of carbonyl (C=O) groups is 2. The first-order chi connectivity index (χ1) is 16.9. The molecule has 1 saturated heterocycles. The van der Waals surface area contributed by atoms with Crippen LogP contribution in [0.2, 0.25) is 5.02 Å². The van der Waals surface area contributed by atoms with Crippen molar-refractivity contribution in [3.05, 3.63) is 100 Å². The van der Waals surface area contributed by atoms with Crippen molar-refractivity contribution >= 4 is 29.1 Å². The summed E-state index contributed by atoms with van der Waals surface area (Å²) in [5.41, 5.74) is 1.87. The van der Waals surface area contributed by atoms with Gasteiger partial charge in [-0.1, -0.05) is 42.8 Å². The Hall–Kier alpha value is -3.77. The average Bonchev–Trinajstić information content (AvgIpc) is 3.12. The van der Waals surface area contributed by atoms with Gasteiger partial charge in [0.15, 0.2) is 0 Å². The highest BCUT2D eigenvalue weighted by atomic mass is 35.5. The summed E-state index contributed by atoms with van der Waals surface area (Å²) in [5.74, 6) is -1.08. The van der Waals surface area contributed by atoms with Crippen LogP contribution in [0.15, 0.2) is 78.4 Å². The first kappa shape index (κ1) is 24.4. The number of phenolic OH excluding ortho intramolecular Hbond substituents is 1. The summed E-state index contributed by atoms with van der Waals surface area (Å²) in [4.78, 5) is 27.7. The van der Waals surface area contributed by atoms with Crippen LogP contribution in [0.4, 0.5) is 0 Å². The summed E-state index contributed by atoms with van der Waals surface area (Å²) < 4.78 is 5.59. The molecule has 0 bridgehead atoms. The van der Waals surface area contributed by atoms with E-state index in [1.165, 1.54) is 17.0 Å². The van der Waals surface area contributed by atoms with Gasteiger partial charge in [0, 0.05) is 17.1 Å². The number of phenols is 1. The molecule has 7 heteroatoms. The van der Waals surface area contributed by atoms with E-state index in [0.717, 1.165) is 12.0 Å². The number of ketones is 1. The highest BCUT2D eigenvalue weighted by Crippen LogP contribution is 2.40. The highest BCUT2D eigenvalue weighted by molar-refractivity contribution is 6.46.